The third kappa shape index (κ3) is 16.0. The standard InChI is InChI=1S/C20H39NO4/c1-6-7-8-9-10-11-12-24-19(22)14-18(13-16(2)3)15-21-20(23)25-17(4)5/h16-18H,6-15H2,1-5H3,(H,21,23)/t18-/m0/s1. The fraction of sp³-hybridized carbons (Fsp3) is 0.900. The van der Waals surface area contributed by atoms with Crippen molar-refractivity contribution in [1.82, 2.24) is 5.32 Å². The molecule has 1 atom stereocenters. The zero-order valence-electron chi connectivity index (χ0n) is 16.9. The second kappa shape index (κ2) is 15.0. The lowest BCUT2D eigenvalue weighted by molar-refractivity contribution is -0.145. The summed E-state index contributed by atoms with van der Waals surface area (Å²) in [5.41, 5.74) is 0. The molecule has 148 valence electrons. The van der Waals surface area contributed by atoms with Gasteiger partial charge in [-0.3, -0.25) is 4.79 Å². The van der Waals surface area contributed by atoms with Gasteiger partial charge in [-0.1, -0.05) is 52.9 Å². The van der Waals surface area contributed by atoms with Gasteiger partial charge in [-0.15, -0.1) is 0 Å². The summed E-state index contributed by atoms with van der Waals surface area (Å²) in [5.74, 6) is 0.370. The molecule has 0 aromatic heterocycles. The summed E-state index contributed by atoms with van der Waals surface area (Å²) in [6.07, 6.45) is 7.68. The van der Waals surface area contributed by atoms with Gasteiger partial charge in [0.05, 0.1) is 19.1 Å². The monoisotopic (exact) mass is 357 g/mol. The Morgan fingerprint density at radius 3 is 2.20 bits per heavy atom. The normalized spacial score (nSPS) is 12.3. The number of hydrogen-bond donors (Lipinski definition) is 1. The highest BCUT2D eigenvalue weighted by atomic mass is 16.6. The Labute approximate surface area is 154 Å². The van der Waals surface area contributed by atoms with Gasteiger partial charge in [0.2, 0.25) is 0 Å². The van der Waals surface area contributed by atoms with E-state index in [1.165, 1.54) is 25.7 Å². The Morgan fingerprint density at radius 2 is 1.60 bits per heavy atom. The summed E-state index contributed by atoms with van der Waals surface area (Å²) in [6, 6.07) is 0. The summed E-state index contributed by atoms with van der Waals surface area (Å²) >= 11 is 0. The van der Waals surface area contributed by atoms with Crippen molar-refractivity contribution in [3.05, 3.63) is 0 Å². The van der Waals surface area contributed by atoms with Gasteiger partial charge in [0.25, 0.3) is 0 Å². The molecular weight excluding hydrogens is 318 g/mol. The Hall–Kier alpha value is -1.26. The van der Waals surface area contributed by atoms with Gasteiger partial charge in [-0.2, -0.15) is 0 Å². The van der Waals surface area contributed by atoms with Crippen LogP contribution in [0.15, 0.2) is 0 Å². The molecular formula is C20H39NO4. The maximum Gasteiger partial charge on any atom is 0.407 e. The van der Waals surface area contributed by atoms with Crippen LogP contribution in [0.3, 0.4) is 0 Å². The molecule has 1 amide bonds. The first-order valence-corrected chi connectivity index (χ1v) is 9.95. The van der Waals surface area contributed by atoms with E-state index in [2.05, 4.69) is 26.1 Å². The lowest BCUT2D eigenvalue weighted by Crippen LogP contribution is -2.33. The van der Waals surface area contributed by atoms with Crippen LogP contribution in [0.5, 0.6) is 0 Å². The molecule has 0 aliphatic carbocycles. The zero-order chi connectivity index (χ0) is 19.1. The van der Waals surface area contributed by atoms with Crippen LogP contribution in [-0.4, -0.2) is 31.3 Å². The van der Waals surface area contributed by atoms with Crippen molar-refractivity contribution in [2.75, 3.05) is 13.2 Å². The first-order chi connectivity index (χ1) is 11.8. The van der Waals surface area contributed by atoms with Crippen LogP contribution in [0, 0.1) is 11.8 Å². The Balaban J connectivity index is 4.02. The van der Waals surface area contributed by atoms with Gasteiger partial charge < -0.3 is 14.8 Å². The minimum absolute atomic E-state index is 0.0803. The van der Waals surface area contributed by atoms with Gasteiger partial charge in [-0.25, -0.2) is 4.79 Å². The zero-order valence-corrected chi connectivity index (χ0v) is 16.9. The molecule has 0 radical (unpaired) electrons. The van der Waals surface area contributed by atoms with Gasteiger partial charge in [-0.05, 0) is 38.5 Å². The van der Waals surface area contributed by atoms with Crippen LogP contribution in [0.1, 0.15) is 86.0 Å². The number of carbonyl (C=O) groups is 2. The van der Waals surface area contributed by atoms with Crippen molar-refractivity contribution < 1.29 is 19.1 Å². The highest BCUT2D eigenvalue weighted by molar-refractivity contribution is 5.70. The van der Waals surface area contributed by atoms with Crippen LogP contribution in [0.25, 0.3) is 0 Å². The van der Waals surface area contributed by atoms with Crippen LogP contribution >= 0.6 is 0 Å². The summed E-state index contributed by atoms with van der Waals surface area (Å²) in [5, 5.41) is 2.75. The van der Waals surface area contributed by atoms with E-state index in [1.807, 2.05) is 13.8 Å². The number of amides is 1. The summed E-state index contributed by atoms with van der Waals surface area (Å²) < 4.78 is 10.4. The van der Waals surface area contributed by atoms with Gasteiger partial charge in [0.15, 0.2) is 0 Å². The number of carbonyl (C=O) groups excluding carboxylic acids is 2. The molecule has 0 heterocycles. The van der Waals surface area contributed by atoms with E-state index in [0.717, 1.165) is 19.3 Å². The minimum Gasteiger partial charge on any atom is -0.466 e. The summed E-state index contributed by atoms with van der Waals surface area (Å²) in [7, 11) is 0. The van der Waals surface area contributed by atoms with Crippen LogP contribution in [0.4, 0.5) is 4.79 Å². The van der Waals surface area contributed by atoms with Crippen molar-refractivity contribution in [3.63, 3.8) is 0 Å². The maximum absolute atomic E-state index is 12.0. The predicted octanol–water partition coefficient (Wildman–Crippen LogP) is 5.08. The number of nitrogens with one attached hydrogen (secondary N) is 1. The topological polar surface area (TPSA) is 64.6 Å². The average molecular weight is 358 g/mol. The maximum atomic E-state index is 12.0. The second-order valence-corrected chi connectivity index (χ2v) is 7.52. The molecule has 0 aliphatic heterocycles. The average Bonchev–Trinajstić information content (AvgIpc) is 2.50. The van der Waals surface area contributed by atoms with Crippen LogP contribution < -0.4 is 5.32 Å². The number of unbranched alkanes of at least 4 members (excludes halogenated alkanes) is 5. The Morgan fingerprint density at radius 1 is 0.960 bits per heavy atom. The highest BCUT2D eigenvalue weighted by Crippen LogP contribution is 2.16. The van der Waals surface area contributed by atoms with Crippen LogP contribution in [0.2, 0.25) is 0 Å². The quantitative estimate of drug-likeness (QED) is 0.348. The fourth-order valence-corrected chi connectivity index (χ4v) is 2.75. The summed E-state index contributed by atoms with van der Waals surface area (Å²) in [4.78, 5) is 23.6. The number of esters is 1. The number of ether oxygens (including phenoxy) is 2. The molecule has 0 rings (SSSR count). The second-order valence-electron chi connectivity index (χ2n) is 7.52. The molecule has 1 N–H and O–H groups in total. The largest absolute Gasteiger partial charge is 0.466 e. The van der Waals surface area contributed by atoms with Crippen molar-refractivity contribution in [2.24, 2.45) is 11.8 Å². The molecule has 0 spiro atoms. The molecule has 5 heteroatoms. The third-order valence-electron chi connectivity index (χ3n) is 3.90. The van der Waals surface area contributed by atoms with E-state index in [0.29, 0.717) is 25.5 Å². The number of hydrogen-bond acceptors (Lipinski definition) is 4. The molecule has 0 bridgehead atoms. The minimum atomic E-state index is -0.427. The highest BCUT2D eigenvalue weighted by Gasteiger charge is 2.18. The SMILES string of the molecule is CCCCCCCCOC(=O)C[C@@H](CNC(=O)OC(C)C)CC(C)C. The first-order valence-electron chi connectivity index (χ1n) is 9.95. The third-order valence-corrected chi connectivity index (χ3v) is 3.90. The lowest BCUT2D eigenvalue weighted by atomic mass is 9.94. The summed E-state index contributed by atoms with van der Waals surface area (Å²) in [6.45, 7) is 11.0. The number of alkyl carbamates (subject to hydrolysis) is 1. The molecule has 0 saturated heterocycles. The van der Waals surface area contributed by atoms with E-state index in [1.54, 1.807) is 0 Å². The van der Waals surface area contributed by atoms with E-state index in [-0.39, 0.29) is 18.0 Å². The van der Waals surface area contributed by atoms with Crippen molar-refractivity contribution in [3.8, 4) is 0 Å². The molecule has 5 nitrogen and oxygen atoms in total. The van der Waals surface area contributed by atoms with Crippen LogP contribution in [-0.2, 0) is 14.3 Å². The van der Waals surface area contributed by atoms with Crippen molar-refractivity contribution >= 4 is 12.1 Å². The molecule has 0 aromatic carbocycles. The van der Waals surface area contributed by atoms with Crippen molar-refractivity contribution in [1.29, 1.82) is 0 Å². The number of rotatable bonds is 14. The lowest BCUT2D eigenvalue weighted by Gasteiger charge is -2.19. The Kier molecular flexibility index (Phi) is 14.3. The molecule has 0 unspecified atom stereocenters. The molecule has 0 fully saturated rings. The van der Waals surface area contributed by atoms with E-state index < -0.39 is 6.09 Å². The van der Waals surface area contributed by atoms with Gasteiger partial charge in [0, 0.05) is 6.54 Å². The van der Waals surface area contributed by atoms with E-state index >= 15 is 0 Å². The Bertz CT molecular complexity index is 356. The van der Waals surface area contributed by atoms with E-state index in [4.69, 9.17) is 9.47 Å². The fourth-order valence-electron chi connectivity index (χ4n) is 2.75. The van der Waals surface area contributed by atoms with E-state index in [9.17, 15) is 9.59 Å². The van der Waals surface area contributed by atoms with Crippen molar-refractivity contribution in [2.45, 2.75) is 92.1 Å². The van der Waals surface area contributed by atoms with Gasteiger partial charge >= 0.3 is 12.1 Å². The molecule has 0 aromatic rings. The molecule has 0 aliphatic rings. The molecule has 25 heavy (non-hydrogen) atoms. The van der Waals surface area contributed by atoms with Gasteiger partial charge in [0.1, 0.15) is 0 Å². The smallest absolute Gasteiger partial charge is 0.407 e. The molecule has 0 saturated carbocycles. The first kappa shape index (κ1) is 23.7. The predicted molar refractivity (Wildman–Crippen MR) is 102 cm³/mol.